The summed E-state index contributed by atoms with van der Waals surface area (Å²) in [6, 6.07) is -0.450. The Morgan fingerprint density at radius 3 is 2.38 bits per heavy atom. The van der Waals surface area contributed by atoms with E-state index in [-0.39, 0.29) is 18.0 Å². The number of carbonyl (C=O) groups excluding carboxylic acids is 2. The molecule has 0 aliphatic heterocycles. The standard InChI is InChI=1S/C10H21N3O3/c1-5-8(9(14)16-4)11-6-7-12-10(15)13(2)3/h8,11H,5-7H2,1-4H3,(H,12,15). The smallest absolute Gasteiger partial charge is 0.322 e. The van der Waals surface area contributed by atoms with Gasteiger partial charge in [-0.3, -0.25) is 4.79 Å². The summed E-state index contributed by atoms with van der Waals surface area (Å²) in [4.78, 5) is 23.8. The number of esters is 1. The van der Waals surface area contributed by atoms with Crippen LogP contribution in [0.1, 0.15) is 13.3 Å². The molecule has 0 aromatic carbocycles. The van der Waals surface area contributed by atoms with Gasteiger partial charge in [0.15, 0.2) is 0 Å². The lowest BCUT2D eigenvalue weighted by Crippen LogP contribution is -2.43. The van der Waals surface area contributed by atoms with Crippen molar-refractivity contribution in [3.05, 3.63) is 0 Å². The molecular weight excluding hydrogens is 210 g/mol. The SMILES string of the molecule is CCC(NCCNC(=O)N(C)C)C(=O)OC. The number of nitrogens with zero attached hydrogens (tertiary/aromatic N) is 1. The minimum absolute atomic E-state index is 0.145. The highest BCUT2D eigenvalue weighted by atomic mass is 16.5. The molecule has 2 N–H and O–H groups in total. The third-order valence-electron chi connectivity index (χ3n) is 2.09. The lowest BCUT2D eigenvalue weighted by Gasteiger charge is -2.16. The summed E-state index contributed by atoms with van der Waals surface area (Å²) in [6.07, 6.45) is 0.661. The maximum Gasteiger partial charge on any atom is 0.322 e. The molecule has 0 aromatic rings. The number of nitrogens with one attached hydrogen (secondary N) is 2. The van der Waals surface area contributed by atoms with E-state index in [1.54, 1.807) is 14.1 Å². The average Bonchev–Trinajstić information content (AvgIpc) is 2.27. The van der Waals surface area contributed by atoms with Crippen LogP contribution in [0.15, 0.2) is 0 Å². The number of urea groups is 1. The Labute approximate surface area is 96.3 Å². The van der Waals surface area contributed by atoms with Crippen molar-refractivity contribution in [3.8, 4) is 0 Å². The van der Waals surface area contributed by atoms with E-state index in [2.05, 4.69) is 15.4 Å². The van der Waals surface area contributed by atoms with Crippen molar-refractivity contribution in [2.24, 2.45) is 0 Å². The normalized spacial score (nSPS) is 11.8. The van der Waals surface area contributed by atoms with E-state index in [9.17, 15) is 9.59 Å². The average molecular weight is 231 g/mol. The van der Waals surface area contributed by atoms with E-state index in [1.165, 1.54) is 12.0 Å². The highest BCUT2D eigenvalue weighted by Crippen LogP contribution is 1.92. The molecular formula is C10H21N3O3. The predicted molar refractivity (Wildman–Crippen MR) is 61.2 cm³/mol. The Morgan fingerprint density at radius 1 is 1.31 bits per heavy atom. The van der Waals surface area contributed by atoms with Crippen LogP contribution in [-0.2, 0) is 9.53 Å². The van der Waals surface area contributed by atoms with Crippen LogP contribution in [0.4, 0.5) is 4.79 Å². The summed E-state index contributed by atoms with van der Waals surface area (Å²) >= 11 is 0. The molecule has 0 spiro atoms. The molecule has 0 fully saturated rings. The number of ether oxygens (including phenoxy) is 1. The first-order valence-electron chi connectivity index (χ1n) is 5.29. The highest BCUT2D eigenvalue weighted by Gasteiger charge is 2.15. The molecule has 0 bridgehead atoms. The molecule has 0 rings (SSSR count). The third kappa shape index (κ3) is 5.55. The van der Waals surface area contributed by atoms with Gasteiger partial charge in [0.05, 0.1) is 7.11 Å². The fourth-order valence-corrected chi connectivity index (χ4v) is 1.11. The van der Waals surface area contributed by atoms with Gasteiger partial charge < -0.3 is 20.3 Å². The van der Waals surface area contributed by atoms with Gasteiger partial charge in [-0.2, -0.15) is 0 Å². The van der Waals surface area contributed by atoms with Crippen molar-refractivity contribution < 1.29 is 14.3 Å². The zero-order valence-corrected chi connectivity index (χ0v) is 10.4. The largest absolute Gasteiger partial charge is 0.468 e. The molecule has 2 amide bonds. The quantitative estimate of drug-likeness (QED) is 0.490. The van der Waals surface area contributed by atoms with E-state index < -0.39 is 0 Å². The maximum atomic E-state index is 11.2. The van der Waals surface area contributed by atoms with Gasteiger partial charge in [0.2, 0.25) is 0 Å². The van der Waals surface area contributed by atoms with Gasteiger partial charge in [-0.05, 0) is 6.42 Å². The predicted octanol–water partition coefficient (Wildman–Crippen LogP) is -0.201. The minimum atomic E-state index is -0.304. The molecule has 0 aromatic heterocycles. The summed E-state index contributed by atoms with van der Waals surface area (Å²) in [5, 5.41) is 5.70. The summed E-state index contributed by atoms with van der Waals surface area (Å²) in [7, 11) is 4.71. The number of hydrogen-bond acceptors (Lipinski definition) is 4. The van der Waals surface area contributed by atoms with Gasteiger partial charge in [-0.15, -0.1) is 0 Å². The maximum absolute atomic E-state index is 11.2. The van der Waals surface area contributed by atoms with Crippen molar-refractivity contribution in [2.45, 2.75) is 19.4 Å². The first-order valence-corrected chi connectivity index (χ1v) is 5.29. The molecule has 0 aliphatic carbocycles. The monoisotopic (exact) mass is 231 g/mol. The van der Waals surface area contributed by atoms with E-state index in [1.807, 2.05) is 6.92 Å². The first-order chi connectivity index (χ1) is 7.52. The number of hydrogen-bond donors (Lipinski definition) is 2. The van der Waals surface area contributed by atoms with Crippen LogP contribution >= 0.6 is 0 Å². The number of methoxy groups -OCH3 is 1. The molecule has 1 atom stereocenters. The van der Waals surface area contributed by atoms with Crippen LogP contribution in [-0.4, -0.2) is 57.2 Å². The molecule has 0 heterocycles. The number of rotatable bonds is 6. The van der Waals surface area contributed by atoms with Crippen LogP contribution in [0.25, 0.3) is 0 Å². The van der Waals surface area contributed by atoms with E-state index in [4.69, 9.17) is 0 Å². The second-order valence-electron chi connectivity index (χ2n) is 3.56. The Bertz CT molecular complexity index is 231. The van der Waals surface area contributed by atoms with Gasteiger partial charge in [0.25, 0.3) is 0 Å². The summed E-state index contributed by atoms with van der Waals surface area (Å²) in [6.45, 7) is 2.91. The van der Waals surface area contributed by atoms with Crippen LogP contribution < -0.4 is 10.6 Å². The van der Waals surface area contributed by atoms with Crippen LogP contribution in [0.3, 0.4) is 0 Å². The van der Waals surface area contributed by atoms with Crippen molar-refractivity contribution in [1.29, 1.82) is 0 Å². The lowest BCUT2D eigenvalue weighted by molar-refractivity contribution is -0.143. The number of carbonyl (C=O) groups is 2. The third-order valence-corrected chi connectivity index (χ3v) is 2.09. The Kier molecular flexibility index (Phi) is 7.28. The Hall–Kier alpha value is -1.30. The molecule has 0 aliphatic rings. The molecule has 6 nitrogen and oxygen atoms in total. The van der Waals surface area contributed by atoms with Crippen LogP contribution in [0, 0.1) is 0 Å². The minimum Gasteiger partial charge on any atom is -0.468 e. The van der Waals surface area contributed by atoms with Crippen LogP contribution in [0.5, 0.6) is 0 Å². The number of amides is 2. The van der Waals surface area contributed by atoms with E-state index in [0.29, 0.717) is 19.5 Å². The van der Waals surface area contributed by atoms with Crippen molar-refractivity contribution in [1.82, 2.24) is 15.5 Å². The summed E-state index contributed by atoms with van der Waals surface area (Å²) in [5.41, 5.74) is 0. The van der Waals surface area contributed by atoms with Crippen molar-refractivity contribution in [2.75, 3.05) is 34.3 Å². The fourth-order valence-electron chi connectivity index (χ4n) is 1.11. The zero-order chi connectivity index (χ0) is 12.6. The Morgan fingerprint density at radius 2 is 1.94 bits per heavy atom. The second-order valence-corrected chi connectivity index (χ2v) is 3.56. The van der Waals surface area contributed by atoms with Crippen molar-refractivity contribution in [3.63, 3.8) is 0 Å². The summed E-state index contributed by atoms with van der Waals surface area (Å²) < 4.78 is 4.62. The van der Waals surface area contributed by atoms with Crippen LogP contribution in [0.2, 0.25) is 0 Å². The first kappa shape index (κ1) is 14.7. The highest BCUT2D eigenvalue weighted by molar-refractivity contribution is 5.75. The molecule has 16 heavy (non-hydrogen) atoms. The molecule has 0 saturated carbocycles. The molecule has 6 heteroatoms. The zero-order valence-electron chi connectivity index (χ0n) is 10.4. The van der Waals surface area contributed by atoms with Gasteiger partial charge in [0, 0.05) is 27.2 Å². The second kappa shape index (κ2) is 7.92. The van der Waals surface area contributed by atoms with Gasteiger partial charge in [0.1, 0.15) is 6.04 Å². The molecule has 0 saturated heterocycles. The van der Waals surface area contributed by atoms with Gasteiger partial charge in [-0.25, -0.2) is 4.79 Å². The Balaban J connectivity index is 3.71. The molecule has 1 unspecified atom stereocenters. The topological polar surface area (TPSA) is 70.7 Å². The van der Waals surface area contributed by atoms with Gasteiger partial charge in [-0.1, -0.05) is 6.92 Å². The molecule has 0 radical (unpaired) electrons. The fraction of sp³-hybridized carbons (Fsp3) is 0.800. The van der Waals surface area contributed by atoms with Gasteiger partial charge >= 0.3 is 12.0 Å². The van der Waals surface area contributed by atoms with E-state index >= 15 is 0 Å². The lowest BCUT2D eigenvalue weighted by atomic mass is 10.2. The van der Waals surface area contributed by atoms with Crippen molar-refractivity contribution >= 4 is 12.0 Å². The van der Waals surface area contributed by atoms with E-state index in [0.717, 1.165) is 0 Å². The molecule has 94 valence electrons. The summed E-state index contributed by atoms with van der Waals surface area (Å²) in [5.74, 6) is -0.276.